The molecular weight excluding hydrogens is 416 g/mol. The van der Waals surface area contributed by atoms with Crippen LogP contribution in [0.4, 0.5) is 0 Å². The Morgan fingerprint density at radius 1 is 1.12 bits per heavy atom. The van der Waals surface area contributed by atoms with Crippen molar-refractivity contribution in [2.24, 2.45) is 34.5 Å². The molecule has 33 heavy (non-hydrogen) atoms. The fourth-order valence-electron chi connectivity index (χ4n) is 8.59. The Labute approximate surface area is 199 Å². The monoisotopic (exact) mass is 460 g/mol. The van der Waals surface area contributed by atoms with E-state index in [0.717, 1.165) is 64.2 Å². The second-order valence-electron chi connectivity index (χ2n) is 11.7. The maximum Gasteiger partial charge on any atom is 0.306 e. The number of Topliss-reactive ketones (excluding diaryl/α,β-unsaturated/α-hetero) is 1. The number of carbonyl (C=O) groups excluding carboxylic acids is 2. The van der Waals surface area contributed by atoms with Gasteiger partial charge in [-0.15, -0.1) is 0 Å². The fraction of sp³-hybridized carbons (Fsp3) is 0.857. The molecule has 186 valence electrons. The van der Waals surface area contributed by atoms with Gasteiger partial charge >= 0.3 is 5.97 Å². The lowest BCUT2D eigenvalue weighted by atomic mass is 9.45. The van der Waals surface area contributed by atoms with E-state index in [-0.39, 0.29) is 40.5 Å². The highest BCUT2D eigenvalue weighted by atomic mass is 16.5. The van der Waals surface area contributed by atoms with Crippen molar-refractivity contribution in [3.05, 3.63) is 11.6 Å². The van der Waals surface area contributed by atoms with Crippen LogP contribution in [0.2, 0.25) is 0 Å². The molecule has 0 aromatic heterocycles. The molecular formula is C28H44O5. The lowest BCUT2D eigenvalue weighted by molar-refractivity contribution is -0.180. The lowest BCUT2D eigenvalue weighted by Crippen LogP contribution is -2.60. The van der Waals surface area contributed by atoms with Crippen LogP contribution in [-0.2, 0) is 14.3 Å². The van der Waals surface area contributed by atoms with Crippen molar-refractivity contribution in [1.29, 1.82) is 0 Å². The number of allylic oxidation sites excluding steroid dienone is 1. The quantitative estimate of drug-likeness (QED) is 0.303. The maximum atomic E-state index is 12.8. The number of fused-ring (bicyclic) bond motifs is 5. The highest BCUT2D eigenvalue weighted by Gasteiger charge is 2.64. The molecule has 3 saturated carbocycles. The molecule has 5 heteroatoms. The van der Waals surface area contributed by atoms with Gasteiger partial charge in [-0.2, -0.15) is 0 Å². The third-order valence-corrected chi connectivity index (χ3v) is 10.1. The van der Waals surface area contributed by atoms with Crippen LogP contribution in [0, 0.1) is 34.5 Å². The number of aliphatic hydroxyl groups excluding tert-OH is 2. The first-order valence-electron chi connectivity index (χ1n) is 13.5. The SMILES string of the molecule is CCCCCCC(=O)OC1CCC=C2CC[C@@H]3[C@H]([C@@H](O)C[C@]4(C)[C@@H](C(=O)CO)CC[C@@H]34)[C@]21C. The Hall–Kier alpha value is -1.20. The van der Waals surface area contributed by atoms with E-state index in [1.165, 1.54) is 5.57 Å². The molecule has 0 aromatic carbocycles. The second-order valence-corrected chi connectivity index (χ2v) is 11.7. The Bertz CT molecular complexity index is 774. The molecule has 2 N–H and O–H groups in total. The molecule has 0 bridgehead atoms. The van der Waals surface area contributed by atoms with E-state index >= 15 is 0 Å². The number of rotatable bonds is 8. The minimum Gasteiger partial charge on any atom is -0.461 e. The van der Waals surface area contributed by atoms with E-state index in [9.17, 15) is 19.8 Å². The van der Waals surface area contributed by atoms with Gasteiger partial charge in [0.15, 0.2) is 5.78 Å². The van der Waals surface area contributed by atoms with E-state index in [1.807, 2.05) is 0 Å². The molecule has 4 aliphatic rings. The summed E-state index contributed by atoms with van der Waals surface area (Å²) in [6.45, 7) is 6.17. The average molecular weight is 461 g/mol. The number of ketones is 1. The highest BCUT2D eigenvalue weighted by molar-refractivity contribution is 5.83. The van der Waals surface area contributed by atoms with Crippen molar-refractivity contribution in [1.82, 2.24) is 0 Å². The molecule has 0 heterocycles. The number of hydrogen-bond acceptors (Lipinski definition) is 5. The van der Waals surface area contributed by atoms with Crippen molar-refractivity contribution in [2.75, 3.05) is 6.61 Å². The van der Waals surface area contributed by atoms with Gasteiger partial charge in [-0.1, -0.05) is 51.7 Å². The minimum atomic E-state index is -0.527. The zero-order chi connectivity index (χ0) is 23.8. The van der Waals surface area contributed by atoms with Crippen LogP contribution in [0.3, 0.4) is 0 Å². The first-order valence-corrected chi connectivity index (χ1v) is 13.5. The van der Waals surface area contributed by atoms with Gasteiger partial charge in [0.1, 0.15) is 12.7 Å². The Kier molecular flexibility index (Phi) is 7.41. The van der Waals surface area contributed by atoms with Crippen LogP contribution in [0.15, 0.2) is 11.6 Å². The van der Waals surface area contributed by atoms with E-state index < -0.39 is 12.7 Å². The third-order valence-electron chi connectivity index (χ3n) is 10.1. The molecule has 0 aliphatic heterocycles. The molecule has 0 saturated heterocycles. The Morgan fingerprint density at radius 2 is 1.91 bits per heavy atom. The molecule has 5 nitrogen and oxygen atoms in total. The summed E-state index contributed by atoms with van der Waals surface area (Å²) >= 11 is 0. The molecule has 4 aliphatic carbocycles. The molecule has 8 atom stereocenters. The van der Waals surface area contributed by atoms with Crippen molar-refractivity contribution in [2.45, 2.75) is 110 Å². The van der Waals surface area contributed by atoms with Gasteiger partial charge in [-0.3, -0.25) is 9.59 Å². The van der Waals surface area contributed by atoms with E-state index in [2.05, 4.69) is 26.8 Å². The van der Waals surface area contributed by atoms with Crippen molar-refractivity contribution >= 4 is 11.8 Å². The van der Waals surface area contributed by atoms with E-state index in [0.29, 0.717) is 24.7 Å². The summed E-state index contributed by atoms with van der Waals surface area (Å²) in [7, 11) is 0. The molecule has 1 unspecified atom stereocenters. The number of aliphatic hydroxyl groups is 2. The van der Waals surface area contributed by atoms with E-state index in [4.69, 9.17) is 4.74 Å². The largest absolute Gasteiger partial charge is 0.461 e. The molecule has 3 fully saturated rings. The number of carbonyl (C=O) groups is 2. The summed E-state index contributed by atoms with van der Waals surface area (Å²) in [5, 5.41) is 21.1. The first-order chi connectivity index (χ1) is 15.8. The number of hydrogen-bond donors (Lipinski definition) is 2. The Morgan fingerprint density at radius 3 is 2.64 bits per heavy atom. The summed E-state index contributed by atoms with van der Waals surface area (Å²) < 4.78 is 6.18. The van der Waals surface area contributed by atoms with Crippen LogP contribution in [0.25, 0.3) is 0 Å². The summed E-state index contributed by atoms with van der Waals surface area (Å²) in [5.74, 6) is 0.428. The smallest absolute Gasteiger partial charge is 0.306 e. The molecule has 0 radical (unpaired) electrons. The molecule has 0 spiro atoms. The van der Waals surface area contributed by atoms with Crippen LogP contribution in [0.1, 0.15) is 97.8 Å². The maximum absolute atomic E-state index is 12.8. The van der Waals surface area contributed by atoms with Gasteiger partial charge < -0.3 is 14.9 Å². The second kappa shape index (κ2) is 9.81. The van der Waals surface area contributed by atoms with Gasteiger partial charge in [-0.25, -0.2) is 0 Å². The summed E-state index contributed by atoms with van der Waals surface area (Å²) in [6.07, 6.45) is 12.5. The lowest BCUT2D eigenvalue weighted by Gasteiger charge is -2.61. The third kappa shape index (κ3) is 4.22. The van der Waals surface area contributed by atoms with Crippen LogP contribution in [-0.4, -0.2) is 40.8 Å². The van der Waals surface area contributed by atoms with Crippen molar-refractivity contribution in [3.63, 3.8) is 0 Å². The summed E-state index contributed by atoms with van der Waals surface area (Å²) in [5.41, 5.74) is 0.778. The molecule has 4 rings (SSSR count). The zero-order valence-electron chi connectivity index (χ0n) is 20.9. The summed E-state index contributed by atoms with van der Waals surface area (Å²) in [4.78, 5) is 25.3. The van der Waals surface area contributed by atoms with Gasteiger partial charge in [0.25, 0.3) is 0 Å². The van der Waals surface area contributed by atoms with Gasteiger partial charge in [0, 0.05) is 23.7 Å². The van der Waals surface area contributed by atoms with Crippen LogP contribution >= 0.6 is 0 Å². The first kappa shape index (κ1) is 24.9. The highest BCUT2D eigenvalue weighted by Crippen LogP contribution is 2.67. The standard InChI is InChI=1S/C28H44O5/c1-4-5-6-7-11-25(32)33-24-10-8-9-18-12-13-19-20-14-15-21(23(31)17-29)27(20,2)16-22(30)26(19)28(18,24)3/h9,19-22,24,26,29-30H,4-8,10-17H2,1-3H3/t19-,20-,21+,22-,24?,26+,27-,28+/m0/s1. The van der Waals surface area contributed by atoms with Gasteiger partial charge in [0.2, 0.25) is 0 Å². The average Bonchev–Trinajstić information content (AvgIpc) is 3.13. The topological polar surface area (TPSA) is 83.8 Å². The summed E-state index contributed by atoms with van der Waals surface area (Å²) in [6, 6.07) is 0. The predicted molar refractivity (Wildman–Crippen MR) is 127 cm³/mol. The molecule has 0 amide bonds. The van der Waals surface area contributed by atoms with Gasteiger partial charge in [0.05, 0.1) is 6.10 Å². The normalized spacial score (nSPS) is 42.0. The fourth-order valence-corrected chi connectivity index (χ4v) is 8.59. The zero-order valence-corrected chi connectivity index (χ0v) is 20.9. The number of unbranched alkanes of at least 4 members (excludes halogenated alkanes) is 3. The van der Waals surface area contributed by atoms with Crippen molar-refractivity contribution < 1.29 is 24.5 Å². The van der Waals surface area contributed by atoms with Crippen LogP contribution < -0.4 is 0 Å². The van der Waals surface area contributed by atoms with Gasteiger partial charge in [-0.05, 0) is 68.6 Å². The van der Waals surface area contributed by atoms with Crippen molar-refractivity contribution in [3.8, 4) is 0 Å². The van der Waals surface area contributed by atoms with Crippen LogP contribution in [0.5, 0.6) is 0 Å². The minimum absolute atomic E-state index is 0.0525. The molecule has 0 aromatic rings. The number of ether oxygens (including phenoxy) is 1. The predicted octanol–water partition coefficient (Wildman–Crippen LogP) is 4.98. The Balaban J connectivity index is 1.56. The number of esters is 1. The van der Waals surface area contributed by atoms with E-state index in [1.54, 1.807) is 0 Å².